The third-order valence-corrected chi connectivity index (χ3v) is 3.04. The highest BCUT2D eigenvalue weighted by atomic mass is 16.5. The van der Waals surface area contributed by atoms with Crippen LogP contribution in [0.25, 0.3) is 11.0 Å². The van der Waals surface area contributed by atoms with Gasteiger partial charge in [-0.2, -0.15) is 20.1 Å². The van der Waals surface area contributed by atoms with Crippen molar-refractivity contribution in [3.8, 4) is 0 Å². The van der Waals surface area contributed by atoms with Crippen LogP contribution in [0.3, 0.4) is 0 Å². The van der Waals surface area contributed by atoms with Gasteiger partial charge in [0.15, 0.2) is 11.6 Å². The highest BCUT2D eigenvalue weighted by molar-refractivity contribution is 5.72. The molecule has 0 aliphatic carbocycles. The first-order valence-electron chi connectivity index (χ1n) is 6.44. The van der Waals surface area contributed by atoms with Gasteiger partial charge in [-0.25, -0.2) is 4.98 Å². The number of ether oxygens (including phenoxy) is 1. The summed E-state index contributed by atoms with van der Waals surface area (Å²) in [6, 6.07) is 7.79. The van der Waals surface area contributed by atoms with Crippen molar-refractivity contribution in [1.29, 1.82) is 0 Å². The molecule has 0 fully saturated rings. The lowest BCUT2D eigenvalue weighted by Gasteiger charge is -1.97. The van der Waals surface area contributed by atoms with Crippen molar-refractivity contribution in [2.45, 2.75) is 13.0 Å². The molecule has 0 radical (unpaired) electrons. The van der Waals surface area contributed by atoms with Gasteiger partial charge in [-0.3, -0.25) is 4.68 Å². The van der Waals surface area contributed by atoms with Crippen molar-refractivity contribution in [3.05, 3.63) is 35.9 Å². The number of aromatic nitrogens is 6. The summed E-state index contributed by atoms with van der Waals surface area (Å²) in [5.74, 6) is 1.61. The molecule has 7 heteroatoms. The Bertz CT molecular complexity index is 684. The molecule has 0 bridgehead atoms. The van der Waals surface area contributed by atoms with Gasteiger partial charge in [0, 0.05) is 20.6 Å². The first-order chi connectivity index (χ1) is 9.76. The number of hydrogen-bond acceptors (Lipinski definition) is 5. The third kappa shape index (κ3) is 2.53. The monoisotopic (exact) mass is 272 g/mol. The molecule has 1 aromatic carbocycles. The Labute approximate surface area is 116 Å². The molecular formula is C13H16N6O. The summed E-state index contributed by atoms with van der Waals surface area (Å²) in [5.41, 5.74) is 1.77. The highest BCUT2D eigenvalue weighted by Crippen LogP contribution is 2.08. The van der Waals surface area contributed by atoms with E-state index in [1.165, 1.54) is 0 Å². The Morgan fingerprint density at radius 3 is 2.45 bits per heavy atom. The van der Waals surface area contributed by atoms with Crippen molar-refractivity contribution in [1.82, 2.24) is 29.8 Å². The number of benzene rings is 1. The van der Waals surface area contributed by atoms with Crippen LogP contribution >= 0.6 is 0 Å². The summed E-state index contributed by atoms with van der Waals surface area (Å²) >= 11 is 0. The summed E-state index contributed by atoms with van der Waals surface area (Å²) in [7, 11) is 3.55. The minimum absolute atomic E-state index is 0.505. The normalized spacial score (nSPS) is 11.3. The van der Waals surface area contributed by atoms with Crippen molar-refractivity contribution in [2.75, 3.05) is 13.7 Å². The quantitative estimate of drug-likeness (QED) is 0.687. The highest BCUT2D eigenvalue weighted by Gasteiger charge is 2.09. The van der Waals surface area contributed by atoms with Crippen molar-refractivity contribution in [3.63, 3.8) is 0 Å². The molecule has 20 heavy (non-hydrogen) atoms. The average molecular weight is 272 g/mol. The molecule has 2 aromatic heterocycles. The average Bonchev–Trinajstić information content (AvgIpc) is 3.00. The molecule has 0 saturated heterocycles. The number of aryl methyl sites for hydroxylation is 1. The van der Waals surface area contributed by atoms with E-state index in [2.05, 4.69) is 20.3 Å². The number of nitrogens with zero attached hydrogens (tertiary/aromatic N) is 6. The topological polar surface area (TPSA) is 70.7 Å². The van der Waals surface area contributed by atoms with Crippen LogP contribution in [0.1, 0.15) is 11.6 Å². The van der Waals surface area contributed by atoms with E-state index >= 15 is 0 Å². The molecule has 0 amide bonds. The van der Waals surface area contributed by atoms with E-state index in [4.69, 9.17) is 4.74 Å². The standard InChI is InChI=1S/C13H16N6O/c1-18-13(14-12(17-18)7-8-20-2)9-19-15-10-5-3-4-6-11(10)16-19/h3-6H,7-9H2,1-2H3. The largest absolute Gasteiger partial charge is 0.384 e. The Morgan fingerprint density at radius 2 is 1.80 bits per heavy atom. The number of rotatable bonds is 5. The Balaban J connectivity index is 1.81. The summed E-state index contributed by atoms with van der Waals surface area (Å²) < 4.78 is 6.80. The van der Waals surface area contributed by atoms with Crippen molar-refractivity contribution < 1.29 is 4.74 Å². The second-order valence-electron chi connectivity index (χ2n) is 4.53. The van der Waals surface area contributed by atoms with Crippen molar-refractivity contribution >= 4 is 11.0 Å². The van der Waals surface area contributed by atoms with Crippen LogP contribution in [0, 0.1) is 0 Å². The molecule has 3 rings (SSSR count). The van der Waals surface area contributed by atoms with Gasteiger partial charge >= 0.3 is 0 Å². The first kappa shape index (κ1) is 12.7. The summed E-state index contributed by atoms with van der Waals surface area (Å²) in [6.07, 6.45) is 0.707. The Kier molecular flexibility index (Phi) is 3.42. The van der Waals surface area contributed by atoms with Gasteiger partial charge in [0.2, 0.25) is 0 Å². The maximum Gasteiger partial charge on any atom is 0.153 e. The van der Waals surface area contributed by atoms with Gasteiger partial charge in [-0.05, 0) is 12.1 Å². The summed E-state index contributed by atoms with van der Waals surface area (Å²) in [4.78, 5) is 6.13. The van der Waals surface area contributed by atoms with Crippen LogP contribution in [0.5, 0.6) is 0 Å². The third-order valence-electron chi connectivity index (χ3n) is 3.04. The molecule has 2 heterocycles. The first-order valence-corrected chi connectivity index (χ1v) is 6.44. The minimum Gasteiger partial charge on any atom is -0.384 e. The van der Waals surface area contributed by atoms with E-state index < -0.39 is 0 Å². The van der Waals surface area contributed by atoms with Gasteiger partial charge < -0.3 is 4.74 Å². The van der Waals surface area contributed by atoms with Gasteiger partial charge in [-0.1, -0.05) is 12.1 Å². The second kappa shape index (κ2) is 5.38. The SMILES string of the molecule is COCCc1nc(Cn2nc3ccccc3n2)n(C)n1. The van der Waals surface area contributed by atoms with E-state index in [0.29, 0.717) is 19.6 Å². The van der Waals surface area contributed by atoms with Gasteiger partial charge in [-0.15, -0.1) is 0 Å². The molecule has 0 aliphatic heterocycles. The predicted octanol–water partition coefficient (Wildman–Crippen LogP) is 0.797. The van der Waals surface area contributed by atoms with Crippen LogP contribution in [0.15, 0.2) is 24.3 Å². The van der Waals surface area contributed by atoms with E-state index in [1.54, 1.807) is 16.6 Å². The molecule has 104 valence electrons. The minimum atomic E-state index is 0.505. The van der Waals surface area contributed by atoms with Crippen LogP contribution in [-0.2, 0) is 24.8 Å². The molecule has 7 nitrogen and oxygen atoms in total. The number of hydrogen-bond donors (Lipinski definition) is 0. The summed E-state index contributed by atoms with van der Waals surface area (Å²) in [5, 5.41) is 13.2. The van der Waals surface area contributed by atoms with E-state index in [0.717, 1.165) is 22.7 Å². The molecule has 0 atom stereocenters. The fourth-order valence-electron chi connectivity index (χ4n) is 2.01. The smallest absolute Gasteiger partial charge is 0.153 e. The fraction of sp³-hybridized carbons (Fsp3) is 0.385. The number of methoxy groups -OCH3 is 1. The number of fused-ring (bicyclic) bond motifs is 1. The maximum absolute atomic E-state index is 5.03. The molecule has 0 saturated carbocycles. The van der Waals surface area contributed by atoms with Crippen LogP contribution < -0.4 is 0 Å². The van der Waals surface area contributed by atoms with E-state index in [-0.39, 0.29) is 0 Å². The van der Waals surface area contributed by atoms with E-state index in [9.17, 15) is 0 Å². The fourth-order valence-corrected chi connectivity index (χ4v) is 2.01. The van der Waals surface area contributed by atoms with Gasteiger partial charge in [0.05, 0.1) is 6.61 Å². The molecule has 0 unspecified atom stereocenters. The van der Waals surface area contributed by atoms with Gasteiger partial charge in [0.25, 0.3) is 0 Å². The molecule has 3 aromatic rings. The van der Waals surface area contributed by atoms with E-state index in [1.807, 2.05) is 31.3 Å². The molecule has 0 spiro atoms. The van der Waals surface area contributed by atoms with Crippen LogP contribution in [0.4, 0.5) is 0 Å². The van der Waals surface area contributed by atoms with Crippen LogP contribution in [0.2, 0.25) is 0 Å². The lowest BCUT2D eigenvalue weighted by atomic mass is 10.3. The predicted molar refractivity (Wildman–Crippen MR) is 73.2 cm³/mol. The molecule has 0 aliphatic rings. The zero-order valence-electron chi connectivity index (χ0n) is 11.5. The van der Waals surface area contributed by atoms with Gasteiger partial charge in [0.1, 0.15) is 17.6 Å². The lowest BCUT2D eigenvalue weighted by molar-refractivity contribution is 0.200. The Hall–Kier alpha value is -2.28. The molecule has 0 N–H and O–H groups in total. The van der Waals surface area contributed by atoms with Crippen molar-refractivity contribution in [2.24, 2.45) is 7.05 Å². The zero-order chi connectivity index (χ0) is 13.9. The molecular weight excluding hydrogens is 256 g/mol. The maximum atomic E-state index is 5.03. The summed E-state index contributed by atoms with van der Waals surface area (Å²) in [6.45, 7) is 1.12. The lowest BCUT2D eigenvalue weighted by Crippen LogP contribution is -2.09. The Morgan fingerprint density at radius 1 is 1.10 bits per heavy atom. The zero-order valence-corrected chi connectivity index (χ0v) is 11.5. The van der Waals surface area contributed by atoms with Crippen LogP contribution in [-0.4, -0.2) is 43.5 Å². The second-order valence-corrected chi connectivity index (χ2v) is 4.53.